The first-order valence-corrected chi connectivity index (χ1v) is 7.50. The Morgan fingerprint density at radius 2 is 1.95 bits per heavy atom. The standard InChI is InChI=1S/C14H16N2O4S/c17-12-7-8-13(18)16(12)20-14(19)6-2-4-10-21-11-5-1-3-9-15-11/h1,3,5,7-9,17-18H,2,4,6,10H2. The fraction of sp³-hybridized carbons (Fsp3) is 0.286. The summed E-state index contributed by atoms with van der Waals surface area (Å²) in [6, 6.07) is 8.23. The van der Waals surface area contributed by atoms with E-state index in [4.69, 9.17) is 4.84 Å². The summed E-state index contributed by atoms with van der Waals surface area (Å²) in [6.45, 7) is 0. The molecule has 2 aromatic rings. The lowest BCUT2D eigenvalue weighted by Gasteiger charge is -2.06. The third-order valence-electron chi connectivity index (χ3n) is 2.65. The van der Waals surface area contributed by atoms with E-state index in [9.17, 15) is 15.0 Å². The van der Waals surface area contributed by atoms with Gasteiger partial charge in [0.05, 0.1) is 5.03 Å². The fourth-order valence-electron chi connectivity index (χ4n) is 1.62. The van der Waals surface area contributed by atoms with Gasteiger partial charge in [0.1, 0.15) is 0 Å². The lowest BCUT2D eigenvalue weighted by atomic mass is 10.2. The van der Waals surface area contributed by atoms with Gasteiger partial charge in [0.15, 0.2) is 0 Å². The summed E-state index contributed by atoms with van der Waals surface area (Å²) in [5.41, 5.74) is 0. The molecule has 0 aromatic carbocycles. The molecule has 0 unspecified atom stereocenters. The zero-order valence-electron chi connectivity index (χ0n) is 11.3. The maximum atomic E-state index is 11.6. The quantitative estimate of drug-likeness (QED) is 0.602. The van der Waals surface area contributed by atoms with Crippen molar-refractivity contribution in [2.75, 3.05) is 5.75 Å². The molecule has 7 heteroatoms. The Bertz CT molecular complexity index is 566. The Balaban J connectivity index is 1.64. The van der Waals surface area contributed by atoms with E-state index in [0.717, 1.165) is 17.2 Å². The van der Waals surface area contributed by atoms with Crippen LogP contribution in [0.15, 0.2) is 41.6 Å². The van der Waals surface area contributed by atoms with Gasteiger partial charge in [-0.2, -0.15) is 0 Å². The van der Waals surface area contributed by atoms with Gasteiger partial charge in [0.2, 0.25) is 11.8 Å². The molecule has 0 spiro atoms. The molecule has 2 aromatic heterocycles. The lowest BCUT2D eigenvalue weighted by molar-refractivity contribution is -0.145. The highest BCUT2D eigenvalue weighted by molar-refractivity contribution is 7.99. The minimum absolute atomic E-state index is 0.222. The van der Waals surface area contributed by atoms with Crippen LogP contribution in [0.25, 0.3) is 0 Å². The van der Waals surface area contributed by atoms with Crippen molar-refractivity contribution in [1.29, 1.82) is 0 Å². The van der Waals surface area contributed by atoms with Crippen LogP contribution in [0.5, 0.6) is 11.8 Å². The van der Waals surface area contributed by atoms with Crippen LogP contribution in [-0.2, 0) is 4.79 Å². The Kier molecular flexibility index (Phi) is 5.51. The molecule has 2 rings (SSSR count). The molecule has 21 heavy (non-hydrogen) atoms. The smallest absolute Gasteiger partial charge is 0.333 e. The number of pyridine rings is 1. The molecule has 0 saturated heterocycles. The van der Waals surface area contributed by atoms with Crippen molar-refractivity contribution in [3.63, 3.8) is 0 Å². The van der Waals surface area contributed by atoms with E-state index in [2.05, 4.69) is 4.98 Å². The fourth-order valence-corrected chi connectivity index (χ4v) is 2.49. The minimum atomic E-state index is -0.500. The average Bonchev–Trinajstić information content (AvgIpc) is 2.80. The number of thioether (sulfide) groups is 1. The number of nitrogens with zero attached hydrogens (tertiary/aromatic N) is 2. The summed E-state index contributed by atoms with van der Waals surface area (Å²) in [6.07, 6.45) is 3.48. The van der Waals surface area contributed by atoms with Crippen LogP contribution >= 0.6 is 11.8 Å². The molecule has 0 aliphatic rings. The van der Waals surface area contributed by atoms with E-state index in [1.807, 2.05) is 18.2 Å². The van der Waals surface area contributed by atoms with Crippen molar-refractivity contribution in [2.24, 2.45) is 0 Å². The molecule has 0 aliphatic heterocycles. The SMILES string of the molecule is O=C(CCCCSc1ccccn1)On1c(O)ccc1O. The van der Waals surface area contributed by atoms with Crippen molar-refractivity contribution >= 4 is 17.7 Å². The molecule has 0 radical (unpaired) electrons. The molecule has 2 heterocycles. The summed E-state index contributed by atoms with van der Waals surface area (Å²) in [7, 11) is 0. The summed E-state index contributed by atoms with van der Waals surface area (Å²) in [5.74, 6) is -0.262. The predicted molar refractivity (Wildman–Crippen MR) is 78.2 cm³/mol. The molecule has 0 fully saturated rings. The summed E-state index contributed by atoms with van der Waals surface area (Å²) < 4.78 is 0.699. The van der Waals surface area contributed by atoms with Crippen LogP contribution < -0.4 is 4.84 Å². The normalized spacial score (nSPS) is 10.5. The topological polar surface area (TPSA) is 84.6 Å². The second-order valence-corrected chi connectivity index (χ2v) is 5.40. The molecular weight excluding hydrogens is 292 g/mol. The summed E-state index contributed by atoms with van der Waals surface area (Å²) >= 11 is 1.63. The number of aromatic hydroxyl groups is 2. The number of hydrogen-bond donors (Lipinski definition) is 2. The highest BCUT2D eigenvalue weighted by Crippen LogP contribution is 2.19. The molecule has 112 valence electrons. The van der Waals surface area contributed by atoms with Gasteiger partial charge in [-0.15, -0.1) is 16.5 Å². The number of hydrogen-bond acceptors (Lipinski definition) is 6. The predicted octanol–water partition coefficient (Wildman–Crippen LogP) is 2.21. The van der Waals surface area contributed by atoms with Gasteiger partial charge in [-0.1, -0.05) is 6.07 Å². The first kappa shape index (κ1) is 15.2. The highest BCUT2D eigenvalue weighted by atomic mass is 32.2. The van der Waals surface area contributed by atoms with Crippen LogP contribution in [0.3, 0.4) is 0 Å². The van der Waals surface area contributed by atoms with E-state index in [1.165, 1.54) is 12.1 Å². The second kappa shape index (κ2) is 7.58. The van der Waals surface area contributed by atoms with Gasteiger partial charge >= 0.3 is 5.97 Å². The first-order chi connectivity index (χ1) is 10.2. The number of rotatable bonds is 7. The molecule has 0 bridgehead atoms. The van der Waals surface area contributed by atoms with Crippen molar-refractivity contribution in [3.05, 3.63) is 36.5 Å². The molecule has 0 amide bonds. The van der Waals surface area contributed by atoms with Crippen molar-refractivity contribution in [1.82, 2.24) is 9.71 Å². The summed E-state index contributed by atoms with van der Waals surface area (Å²) in [5, 5.41) is 19.6. The second-order valence-electron chi connectivity index (χ2n) is 4.28. The maximum Gasteiger partial charge on any atom is 0.333 e. The van der Waals surface area contributed by atoms with E-state index in [0.29, 0.717) is 11.2 Å². The zero-order chi connectivity index (χ0) is 15.1. The van der Waals surface area contributed by atoms with Crippen LogP contribution in [-0.4, -0.2) is 31.6 Å². The van der Waals surface area contributed by atoms with Gasteiger partial charge in [-0.05, 0) is 30.7 Å². The maximum absolute atomic E-state index is 11.6. The molecule has 6 nitrogen and oxygen atoms in total. The Morgan fingerprint density at radius 1 is 1.19 bits per heavy atom. The zero-order valence-corrected chi connectivity index (χ0v) is 12.1. The minimum Gasteiger partial charge on any atom is -0.492 e. The van der Waals surface area contributed by atoms with E-state index < -0.39 is 5.97 Å². The molecule has 0 aliphatic carbocycles. The lowest BCUT2D eigenvalue weighted by Crippen LogP contribution is -2.18. The van der Waals surface area contributed by atoms with Crippen LogP contribution in [0.2, 0.25) is 0 Å². The van der Waals surface area contributed by atoms with Crippen LogP contribution in [0.4, 0.5) is 0 Å². The molecule has 0 saturated carbocycles. The van der Waals surface area contributed by atoms with Gasteiger partial charge < -0.3 is 15.1 Å². The number of carbonyl (C=O) groups excluding carboxylic acids is 1. The van der Waals surface area contributed by atoms with Crippen LogP contribution in [0.1, 0.15) is 19.3 Å². The largest absolute Gasteiger partial charge is 0.492 e. The average molecular weight is 308 g/mol. The monoisotopic (exact) mass is 308 g/mol. The number of aromatic nitrogens is 2. The van der Waals surface area contributed by atoms with E-state index in [-0.39, 0.29) is 18.2 Å². The van der Waals surface area contributed by atoms with Crippen molar-refractivity contribution < 1.29 is 19.8 Å². The Morgan fingerprint density at radius 3 is 2.62 bits per heavy atom. The Labute approximate surface area is 126 Å². The van der Waals surface area contributed by atoms with Gasteiger partial charge in [0, 0.05) is 24.8 Å². The van der Waals surface area contributed by atoms with Gasteiger partial charge in [-0.25, -0.2) is 9.78 Å². The first-order valence-electron chi connectivity index (χ1n) is 6.51. The van der Waals surface area contributed by atoms with Gasteiger partial charge in [0.25, 0.3) is 0 Å². The van der Waals surface area contributed by atoms with Crippen molar-refractivity contribution in [3.8, 4) is 11.8 Å². The van der Waals surface area contributed by atoms with Crippen LogP contribution in [0, 0.1) is 0 Å². The van der Waals surface area contributed by atoms with E-state index in [1.54, 1.807) is 18.0 Å². The highest BCUT2D eigenvalue weighted by Gasteiger charge is 2.11. The van der Waals surface area contributed by atoms with E-state index >= 15 is 0 Å². The number of carbonyl (C=O) groups is 1. The Hall–Kier alpha value is -2.15. The molecule has 0 atom stereocenters. The third kappa shape index (κ3) is 4.71. The third-order valence-corrected chi connectivity index (χ3v) is 3.68. The van der Waals surface area contributed by atoms with Crippen molar-refractivity contribution in [2.45, 2.75) is 24.3 Å². The molecular formula is C14H16N2O4S. The van der Waals surface area contributed by atoms with Gasteiger partial charge in [-0.3, -0.25) is 0 Å². The molecule has 2 N–H and O–H groups in total. The summed E-state index contributed by atoms with van der Waals surface area (Å²) in [4.78, 5) is 20.6. The number of unbranched alkanes of at least 4 members (excludes halogenated alkanes) is 1.